The summed E-state index contributed by atoms with van der Waals surface area (Å²) < 4.78 is 38.9. The minimum atomic E-state index is -1.74. The first-order chi connectivity index (χ1) is 25.1. The SMILES string of the molecule is CCc1c(O[C@@H]2OC(CO)[C@H](O)[C@H](O)[C@H]2O)cc(O)c(C(=O)c2ccc(OCCN3CCOCC3)c(OC)c2)c1CC(=O)N(CCOC)CCOC. The van der Waals surface area contributed by atoms with Gasteiger partial charge in [-0.2, -0.15) is 0 Å². The first-order valence-electron chi connectivity index (χ1n) is 17.3. The lowest BCUT2D eigenvalue weighted by Crippen LogP contribution is -2.60. The molecule has 0 aromatic heterocycles. The standard InChI is InChI=1S/C36H52N2O14/c1-5-23-24(19-30(41)38(11-13-46-2)12-14-47-3)31(25(40)20-27(23)51-36-35(45)34(44)33(43)29(21-39)52-36)32(42)22-6-7-26(28(18-22)48-4)50-17-10-37-8-15-49-16-9-37/h6-7,18,20,29,33-36,39-40,43-45H,5,8-17,19,21H2,1-4H3/t29?,33-,34-,35+,36+/m0/s1. The number of phenolic OH excluding ortho intramolecular Hbond substituents is 1. The molecule has 0 bridgehead atoms. The van der Waals surface area contributed by atoms with Gasteiger partial charge in [-0.25, -0.2) is 0 Å². The van der Waals surface area contributed by atoms with E-state index in [1.807, 2.05) is 0 Å². The fourth-order valence-electron chi connectivity index (χ4n) is 6.18. The maximum atomic E-state index is 14.3. The van der Waals surface area contributed by atoms with Crippen LogP contribution >= 0.6 is 0 Å². The van der Waals surface area contributed by atoms with Crippen LogP contribution in [0.2, 0.25) is 0 Å². The number of nitrogens with zero attached hydrogens (tertiary/aromatic N) is 2. The number of aromatic hydroxyl groups is 1. The number of rotatable bonds is 19. The fourth-order valence-corrected chi connectivity index (χ4v) is 6.18. The van der Waals surface area contributed by atoms with E-state index in [9.17, 15) is 35.1 Å². The van der Waals surface area contributed by atoms with Gasteiger partial charge in [-0.15, -0.1) is 0 Å². The second-order valence-corrected chi connectivity index (χ2v) is 12.4. The van der Waals surface area contributed by atoms with E-state index in [0.29, 0.717) is 43.4 Å². The number of morpholine rings is 1. The van der Waals surface area contributed by atoms with Crippen molar-refractivity contribution in [2.24, 2.45) is 0 Å². The second kappa shape index (κ2) is 20.0. The van der Waals surface area contributed by atoms with E-state index >= 15 is 0 Å². The van der Waals surface area contributed by atoms with Gasteiger partial charge in [-0.3, -0.25) is 14.5 Å². The van der Waals surface area contributed by atoms with Crippen molar-refractivity contribution >= 4 is 11.7 Å². The summed E-state index contributed by atoms with van der Waals surface area (Å²) in [7, 11) is 4.48. The number of ether oxygens (including phenoxy) is 7. The summed E-state index contributed by atoms with van der Waals surface area (Å²) in [6.45, 7) is 6.06. The van der Waals surface area contributed by atoms with Crippen molar-refractivity contribution in [3.05, 3.63) is 46.5 Å². The highest BCUT2D eigenvalue weighted by Gasteiger charge is 2.45. The van der Waals surface area contributed by atoms with Gasteiger partial charge in [-0.05, 0) is 35.7 Å². The molecule has 0 aliphatic carbocycles. The Morgan fingerprint density at radius 3 is 2.21 bits per heavy atom. The van der Waals surface area contributed by atoms with E-state index in [1.165, 1.54) is 38.4 Å². The van der Waals surface area contributed by atoms with Gasteiger partial charge >= 0.3 is 0 Å². The van der Waals surface area contributed by atoms with E-state index < -0.39 is 48.8 Å². The molecule has 2 saturated heterocycles. The second-order valence-electron chi connectivity index (χ2n) is 12.4. The van der Waals surface area contributed by atoms with E-state index in [-0.39, 0.29) is 67.5 Å². The topological polar surface area (TPSA) is 206 Å². The van der Waals surface area contributed by atoms with Crippen LogP contribution in [0.3, 0.4) is 0 Å². The van der Waals surface area contributed by atoms with Crippen LogP contribution in [0.1, 0.15) is 34.0 Å². The molecule has 1 unspecified atom stereocenters. The highest BCUT2D eigenvalue weighted by atomic mass is 16.7. The van der Waals surface area contributed by atoms with E-state index in [4.69, 9.17) is 33.2 Å². The lowest BCUT2D eigenvalue weighted by atomic mass is 9.89. The summed E-state index contributed by atoms with van der Waals surface area (Å²) in [5.74, 6) is -0.818. The van der Waals surface area contributed by atoms with Gasteiger partial charge in [0.05, 0.1) is 52.1 Å². The molecule has 2 aromatic carbocycles. The van der Waals surface area contributed by atoms with E-state index in [2.05, 4.69) is 4.90 Å². The van der Waals surface area contributed by atoms with Gasteiger partial charge in [0.2, 0.25) is 12.2 Å². The molecule has 5 N–H and O–H groups in total. The number of ketones is 1. The first kappa shape index (κ1) is 41.2. The predicted molar refractivity (Wildman–Crippen MR) is 185 cm³/mol. The molecule has 2 aliphatic rings. The number of benzene rings is 2. The molecule has 52 heavy (non-hydrogen) atoms. The highest BCUT2D eigenvalue weighted by Crippen LogP contribution is 2.39. The van der Waals surface area contributed by atoms with Gasteiger partial charge < -0.3 is 63.6 Å². The third-order valence-corrected chi connectivity index (χ3v) is 9.17. The Morgan fingerprint density at radius 1 is 0.904 bits per heavy atom. The van der Waals surface area contributed by atoms with Gasteiger partial charge in [0.15, 0.2) is 17.3 Å². The molecule has 2 heterocycles. The summed E-state index contributed by atoms with van der Waals surface area (Å²) in [6, 6.07) is 5.84. The smallest absolute Gasteiger partial charge is 0.229 e. The molecule has 16 nitrogen and oxygen atoms in total. The van der Waals surface area contributed by atoms with Crippen LogP contribution in [-0.2, 0) is 36.6 Å². The van der Waals surface area contributed by atoms with Crippen molar-refractivity contribution < 1.29 is 68.3 Å². The minimum Gasteiger partial charge on any atom is -0.507 e. The van der Waals surface area contributed by atoms with Crippen LogP contribution in [0.5, 0.6) is 23.0 Å². The molecular formula is C36H52N2O14. The summed E-state index contributed by atoms with van der Waals surface area (Å²) >= 11 is 0. The molecule has 0 radical (unpaired) electrons. The van der Waals surface area contributed by atoms with Crippen molar-refractivity contribution in [2.75, 3.05) is 93.7 Å². The zero-order valence-electron chi connectivity index (χ0n) is 30.2. The van der Waals surface area contributed by atoms with Gasteiger partial charge in [0.1, 0.15) is 42.5 Å². The van der Waals surface area contributed by atoms with Crippen LogP contribution in [0, 0.1) is 0 Å². The van der Waals surface area contributed by atoms with Crippen molar-refractivity contribution in [1.82, 2.24) is 9.80 Å². The molecular weight excluding hydrogens is 684 g/mol. The Morgan fingerprint density at radius 2 is 1.60 bits per heavy atom. The average Bonchev–Trinajstić information content (AvgIpc) is 3.15. The summed E-state index contributed by atoms with van der Waals surface area (Å²) in [5, 5.41) is 52.5. The monoisotopic (exact) mass is 736 g/mol. The average molecular weight is 737 g/mol. The minimum absolute atomic E-state index is 0.0365. The fraction of sp³-hybridized carbons (Fsp3) is 0.611. The maximum absolute atomic E-state index is 14.3. The van der Waals surface area contributed by atoms with Crippen LogP contribution in [0.4, 0.5) is 0 Å². The number of carbonyl (C=O) groups is 2. The molecule has 2 fully saturated rings. The van der Waals surface area contributed by atoms with Crippen molar-refractivity contribution in [2.45, 2.75) is 50.5 Å². The Hall–Kier alpha value is -3.58. The Balaban J connectivity index is 1.72. The number of amides is 1. The molecule has 2 aliphatic heterocycles. The Labute approximate surface area is 303 Å². The number of aliphatic hydroxyl groups is 4. The largest absolute Gasteiger partial charge is 0.507 e. The molecule has 1 amide bonds. The molecule has 16 heteroatoms. The molecule has 290 valence electrons. The van der Waals surface area contributed by atoms with Crippen LogP contribution in [-0.4, -0.2) is 171 Å². The third kappa shape index (κ3) is 10.1. The summed E-state index contributed by atoms with van der Waals surface area (Å²) in [5.41, 5.74) is 0.524. The number of aliphatic hydroxyl groups excluding tert-OH is 4. The molecule has 4 rings (SSSR count). The first-order valence-corrected chi connectivity index (χ1v) is 17.3. The number of hydrogen-bond donors (Lipinski definition) is 5. The number of methoxy groups -OCH3 is 3. The van der Waals surface area contributed by atoms with Gasteiger partial charge in [-0.1, -0.05) is 6.92 Å². The molecule has 0 spiro atoms. The Bertz CT molecular complexity index is 1460. The lowest BCUT2D eigenvalue weighted by Gasteiger charge is -2.40. The van der Waals surface area contributed by atoms with Crippen LogP contribution in [0.15, 0.2) is 24.3 Å². The third-order valence-electron chi connectivity index (χ3n) is 9.17. The van der Waals surface area contributed by atoms with E-state index in [0.717, 1.165) is 13.1 Å². The van der Waals surface area contributed by atoms with E-state index in [1.54, 1.807) is 19.1 Å². The predicted octanol–water partition coefficient (Wildman–Crippen LogP) is -0.252. The summed E-state index contributed by atoms with van der Waals surface area (Å²) in [4.78, 5) is 31.9. The maximum Gasteiger partial charge on any atom is 0.229 e. The lowest BCUT2D eigenvalue weighted by molar-refractivity contribution is -0.277. The Kier molecular flexibility index (Phi) is 15.9. The normalized spacial score (nSPS) is 22.2. The molecule has 0 saturated carbocycles. The molecule has 2 aromatic rings. The quantitative estimate of drug-likeness (QED) is 0.118. The number of hydrogen-bond acceptors (Lipinski definition) is 15. The molecule has 5 atom stereocenters. The van der Waals surface area contributed by atoms with Gasteiger partial charge in [0, 0.05) is 58.6 Å². The van der Waals surface area contributed by atoms with Crippen LogP contribution in [0.25, 0.3) is 0 Å². The summed E-state index contributed by atoms with van der Waals surface area (Å²) in [6.07, 6.45) is -8.03. The van der Waals surface area contributed by atoms with Crippen molar-refractivity contribution in [3.8, 4) is 23.0 Å². The van der Waals surface area contributed by atoms with Crippen LogP contribution < -0.4 is 14.2 Å². The number of carbonyl (C=O) groups excluding carboxylic acids is 2. The van der Waals surface area contributed by atoms with Crippen molar-refractivity contribution in [3.63, 3.8) is 0 Å². The zero-order chi connectivity index (χ0) is 37.8. The number of phenols is 1. The zero-order valence-corrected chi connectivity index (χ0v) is 30.2. The van der Waals surface area contributed by atoms with Crippen molar-refractivity contribution in [1.29, 1.82) is 0 Å². The highest BCUT2D eigenvalue weighted by molar-refractivity contribution is 6.12. The van der Waals surface area contributed by atoms with Gasteiger partial charge in [0.25, 0.3) is 0 Å².